The van der Waals surface area contributed by atoms with Crippen molar-refractivity contribution >= 4 is 28.9 Å². The third kappa shape index (κ3) is 3.97. The van der Waals surface area contributed by atoms with Gasteiger partial charge >= 0.3 is 0 Å². The number of anilines is 3. The lowest BCUT2D eigenvalue weighted by Gasteiger charge is -2.29. The second-order valence-corrected chi connectivity index (χ2v) is 7.24. The van der Waals surface area contributed by atoms with Gasteiger partial charge in [0.2, 0.25) is 11.8 Å². The third-order valence-electron chi connectivity index (χ3n) is 5.35. The Bertz CT molecular complexity index is 826. The van der Waals surface area contributed by atoms with Crippen molar-refractivity contribution in [2.45, 2.75) is 32.1 Å². The summed E-state index contributed by atoms with van der Waals surface area (Å²) in [5.41, 5.74) is 4.04. The van der Waals surface area contributed by atoms with Crippen LogP contribution in [0.3, 0.4) is 0 Å². The van der Waals surface area contributed by atoms with Crippen LogP contribution >= 0.6 is 0 Å². The molecule has 0 spiro atoms. The Labute approximate surface area is 160 Å². The molecular weight excluding hydrogens is 338 g/mol. The van der Waals surface area contributed by atoms with Gasteiger partial charge in [0.1, 0.15) is 6.42 Å². The van der Waals surface area contributed by atoms with Gasteiger partial charge in [0.05, 0.1) is 0 Å². The zero-order valence-corrected chi connectivity index (χ0v) is 15.5. The maximum atomic E-state index is 12.6. The van der Waals surface area contributed by atoms with Crippen LogP contribution in [-0.4, -0.2) is 31.4 Å². The maximum absolute atomic E-state index is 12.6. The Kier molecular flexibility index (Phi) is 5.10. The van der Waals surface area contributed by atoms with E-state index in [0.29, 0.717) is 6.54 Å². The van der Waals surface area contributed by atoms with E-state index >= 15 is 0 Å². The van der Waals surface area contributed by atoms with Crippen LogP contribution in [0.1, 0.15) is 31.2 Å². The first-order valence-electron chi connectivity index (χ1n) is 9.74. The summed E-state index contributed by atoms with van der Waals surface area (Å²) in [6.07, 6.45) is 4.25. The Balaban J connectivity index is 1.36. The standard InChI is InChI=1S/C22H25N3O2/c26-21(23-18-9-11-19(12-10-18)24-13-3-4-14-24)16-22(27)25-15-5-7-17-6-1-2-8-20(17)25/h1-2,6,8-12H,3-5,7,13-16H2,(H,23,26). The van der Waals surface area contributed by atoms with Crippen LogP contribution in [0, 0.1) is 0 Å². The smallest absolute Gasteiger partial charge is 0.236 e. The molecule has 2 aliphatic heterocycles. The molecule has 0 radical (unpaired) electrons. The minimum Gasteiger partial charge on any atom is -0.372 e. The molecule has 2 heterocycles. The van der Waals surface area contributed by atoms with E-state index in [2.05, 4.69) is 16.3 Å². The average Bonchev–Trinajstić information content (AvgIpc) is 3.23. The van der Waals surface area contributed by atoms with Gasteiger partial charge in [-0.25, -0.2) is 0 Å². The predicted octanol–water partition coefficient (Wildman–Crippen LogP) is 3.59. The Morgan fingerprint density at radius 2 is 1.63 bits per heavy atom. The maximum Gasteiger partial charge on any atom is 0.236 e. The van der Waals surface area contributed by atoms with Crippen molar-refractivity contribution in [2.75, 3.05) is 34.8 Å². The first kappa shape index (κ1) is 17.6. The number of carbonyl (C=O) groups is 2. The molecule has 1 fully saturated rings. The zero-order valence-electron chi connectivity index (χ0n) is 15.5. The zero-order chi connectivity index (χ0) is 18.6. The molecule has 5 nitrogen and oxygen atoms in total. The van der Waals surface area contributed by atoms with E-state index in [9.17, 15) is 9.59 Å². The second kappa shape index (κ2) is 7.82. The molecule has 2 aliphatic rings. The van der Waals surface area contributed by atoms with E-state index in [1.807, 2.05) is 42.5 Å². The van der Waals surface area contributed by atoms with Crippen molar-refractivity contribution < 1.29 is 9.59 Å². The van der Waals surface area contributed by atoms with E-state index in [1.54, 1.807) is 4.90 Å². The summed E-state index contributed by atoms with van der Waals surface area (Å²) in [5, 5.41) is 2.85. The summed E-state index contributed by atoms with van der Waals surface area (Å²) in [4.78, 5) is 29.1. The third-order valence-corrected chi connectivity index (χ3v) is 5.35. The predicted molar refractivity (Wildman–Crippen MR) is 108 cm³/mol. The first-order chi connectivity index (χ1) is 13.2. The number of nitrogens with zero attached hydrogens (tertiary/aromatic N) is 2. The van der Waals surface area contributed by atoms with Crippen LogP contribution in [0.2, 0.25) is 0 Å². The lowest BCUT2D eigenvalue weighted by atomic mass is 10.0. The largest absolute Gasteiger partial charge is 0.372 e. The average molecular weight is 363 g/mol. The van der Waals surface area contributed by atoms with E-state index in [0.717, 1.165) is 37.3 Å². The van der Waals surface area contributed by atoms with Gasteiger partial charge in [-0.2, -0.15) is 0 Å². The number of rotatable bonds is 4. The van der Waals surface area contributed by atoms with Crippen molar-refractivity contribution in [1.29, 1.82) is 0 Å². The van der Waals surface area contributed by atoms with Crippen molar-refractivity contribution in [3.63, 3.8) is 0 Å². The van der Waals surface area contributed by atoms with E-state index in [1.165, 1.54) is 24.1 Å². The molecule has 27 heavy (non-hydrogen) atoms. The van der Waals surface area contributed by atoms with Crippen molar-refractivity contribution in [3.05, 3.63) is 54.1 Å². The van der Waals surface area contributed by atoms with Crippen molar-refractivity contribution in [2.24, 2.45) is 0 Å². The number of amides is 2. The van der Waals surface area contributed by atoms with Gasteiger partial charge in [0, 0.05) is 36.7 Å². The molecule has 0 aliphatic carbocycles. The number of hydrogen-bond donors (Lipinski definition) is 1. The topological polar surface area (TPSA) is 52.7 Å². The van der Waals surface area contributed by atoms with Crippen LogP contribution < -0.4 is 15.1 Å². The number of para-hydroxylation sites is 1. The lowest BCUT2D eigenvalue weighted by molar-refractivity contribution is -0.125. The van der Waals surface area contributed by atoms with Gasteiger partial charge in [-0.15, -0.1) is 0 Å². The summed E-state index contributed by atoms with van der Waals surface area (Å²) in [6.45, 7) is 2.86. The molecule has 0 saturated carbocycles. The number of fused-ring (bicyclic) bond motifs is 1. The SMILES string of the molecule is O=C(CC(=O)N1CCCc2ccccc21)Nc1ccc(N2CCCC2)cc1. The van der Waals surface area contributed by atoms with Crippen LogP contribution in [0.25, 0.3) is 0 Å². The molecule has 0 aromatic heterocycles. The summed E-state index contributed by atoms with van der Waals surface area (Å²) in [7, 11) is 0. The molecular formula is C22H25N3O2. The molecule has 1 saturated heterocycles. The van der Waals surface area contributed by atoms with Gasteiger partial charge in [-0.3, -0.25) is 9.59 Å². The van der Waals surface area contributed by atoms with Gasteiger partial charge in [0.25, 0.3) is 0 Å². The minimum atomic E-state index is -0.267. The fourth-order valence-corrected chi connectivity index (χ4v) is 3.96. The van der Waals surface area contributed by atoms with Gasteiger partial charge in [-0.05, 0) is 61.6 Å². The molecule has 0 bridgehead atoms. The highest BCUT2D eigenvalue weighted by Crippen LogP contribution is 2.27. The summed E-state index contributed by atoms with van der Waals surface area (Å²) >= 11 is 0. The second-order valence-electron chi connectivity index (χ2n) is 7.24. The summed E-state index contributed by atoms with van der Waals surface area (Å²) in [5.74, 6) is -0.412. The van der Waals surface area contributed by atoms with E-state index in [-0.39, 0.29) is 18.2 Å². The molecule has 5 heteroatoms. The highest BCUT2D eigenvalue weighted by atomic mass is 16.2. The molecule has 2 aromatic rings. The molecule has 1 N–H and O–H groups in total. The monoisotopic (exact) mass is 363 g/mol. The molecule has 4 rings (SSSR count). The Morgan fingerprint density at radius 1 is 0.889 bits per heavy atom. The van der Waals surface area contributed by atoms with Crippen molar-refractivity contribution in [1.82, 2.24) is 0 Å². The summed E-state index contributed by atoms with van der Waals surface area (Å²) < 4.78 is 0. The van der Waals surface area contributed by atoms with Crippen LogP contribution in [0.5, 0.6) is 0 Å². The van der Waals surface area contributed by atoms with E-state index in [4.69, 9.17) is 0 Å². The van der Waals surface area contributed by atoms with E-state index < -0.39 is 0 Å². The normalized spacial score (nSPS) is 16.1. The quantitative estimate of drug-likeness (QED) is 0.845. The van der Waals surface area contributed by atoms with Gasteiger partial charge in [-0.1, -0.05) is 18.2 Å². The highest BCUT2D eigenvalue weighted by Gasteiger charge is 2.23. The number of hydrogen-bond acceptors (Lipinski definition) is 3. The summed E-state index contributed by atoms with van der Waals surface area (Å²) in [6, 6.07) is 15.8. The van der Waals surface area contributed by atoms with Crippen LogP contribution in [0.15, 0.2) is 48.5 Å². The fraction of sp³-hybridized carbons (Fsp3) is 0.364. The fourth-order valence-electron chi connectivity index (χ4n) is 3.96. The number of carbonyl (C=O) groups excluding carboxylic acids is 2. The molecule has 2 aromatic carbocycles. The molecule has 2 amide bonds. The molecule has 0 unspecified atom stereocenters. The molecule has 0 atom stereocenters. The number of benzene rings is 2. The Morgan fingerprint density at radius 3 is 2.41 bits per heavy atom. The lowest BCUT2D eigenvalue weighted by Crippen LogP contribution is -2.37. The van der Waals surface area contributed by atoms with Crippen LogP contribution in [-0.2, 0) is 16.0 Å². The van der Waals surface area contributed by atoms with Gasteiger partial charge < -0.3 is 15.1 Å². The number of aryl methyl sites for hydroxylation is 1. The van der Waals surface area contributed by atoms with Gasteiger partial charge in [0.15, 0.2) is 0 Å². The van der Waals surface area contributed by atoms with Crippen molar-refractivity contribution in [3.8, 4) is 0 Å². The number of nitrogens with one attached hydrogen (secondary N) is 1. The van der Waals surface area contributed by atoms with Crippen LogP contribution in [0.4, 0.5) is 17.1 Å². The minimum absolute atomic E-state index is 0.137. The Hall–Kier alpha value is -2.82. The molecule has 140 valence electrons. The first-order valence-corrected chi connectivity index (χ1v) is 9.74. The highest BCUT2D eigenvalue weighted by molar-refractivity contribution is 6.09.